The molecule has 3 heteroatoms. The molecule has 3 aromatic carbocycles. The molecule has 0 saturated heterocycles. The largest absolute Gasteiger partial charge is 0.152 e. The molecule has 0 amide bonds. The quantitative estimate of drug-likeness (QED) is 0.383. The highest BCUT2D eigenvalue weighted by atomic mass is 32.2. The van der Waals surface area contributed by atoms with Crippen molar-refractivity contribution < 1.29 is 0 Å². The molecule has 6 bridgehead atoms. The van der Waals surface area contributed by atoms with E-state index < -0.39 is 0 Å². The van der Waals surface area contributed by atoms with Gasteiger partial charge in [-0.1, -0.05) is 72.8 Å². The zero-order valence-electron chi connectivity index (χ0n) is 15.4. The molecule has 9 rings (SSSR count). The second kappa shape index (κ2) is 9.77. The van der Waals surface area contributed by atoms with Crippen LogP contribution in [0, 0.1) is 0 Å². The van der Waals surface area contributed by atoms with Gasteiger partial charge in [0.15, 0.2) is 0 Å². The van der Waals surface area contributed by atoms with E-state index in [4.69, 9.17) is 0 Å². The monoisotopic (exact) mass is 408 g/mol. The van der Waals surface area contributed by atoms with Crippen molar-refractivity contribution in [1.29, 1.82) is 0 Å². The van der Waals surface area contributed by atoms with E-state index in [-0.39, 0.29) is 0 Å². The summed E-state index contributed by atoms with van der Waals surface area (Å²) in [5.74, 6) is 6.48. The van der Waals surface area contributed by atoms with E-state index in [1.165, 1.54) is 33.4 Å². The summed E-state index contributed by atoms with van der Waals surface area (Å²) in [5, 5.41) is 0. The lowest BCUT2D eigenvalue weighted by Gasteiger charge is -2.06. The molecule has 0 N–H and O–H groups in total. The Kier molecular flexibility index (Phi) is 6.89. The van der Waals surface area contributed by atoms with E-state index in [1.807, 2.05) is 35.3 Å². The summed E-state index contributed by atoms with van der Waals surface area (Å²) in [7, 11) is 0. The van der Waals surface area contributed by atoms with Gasteiger partial charge in [0, 0.05) is 34.5 Å². The molecule has 27 heavy (non-hydrogen) atoms. The molecule has 3 aromatic rings. The molecule has 0 aromatic heterocycles. The summed E-state index contributed by atoms with van der Waals surface area (Å²) in [4.78, 5) is 0. The third-order valence-electron chi connectivity index (χ3n) is 4.68. The fourth-order valence-corrected chi connectivity index (χ4v) is 5.93. The van der Waals surface area contributed by atoms with Crippen LogP contribution in [-0.4, -0.2) is 0 Å². The number of rotatable bonds is 0. The summed E-state index contributed by atoms with van der Waals surface area (Å²) < 4.78 is 0. The van der Waals surface area contributed by atoms with E-state index in [0.717, 1.165) is 34.5 Å². The van der Waals surface area contributed by atoms with Crippen LogP contribution in [0.1, 0.15) is 33.4 Å². The second-order valence-corrected chi connectivity index (χ2v) is 9.88. The van der Waals surface area contributed by atoms with Gasteiger partial charge in [0.2, 0.25) is 0 Å². The van der Waals surface area contributed by atoms with Gasteiger partial charge in [-0.3, -0.25) is 0 Å². The third-order valence-corrected chi connectivity index (χ3v) is 7.91. The molecule has 0 unspecified atom stereocenters. The van der Waals surface area contributed by atoms with Crippen molar-refractivity contribution >= 4 is 35.3 Å². The molecule has 0 fully saturated rings. The molecule has 0 aliphatic carbocycles. The molecule has 6 aliphatic heterocycles. The standard InChI is InChI=1S/C24H24S3/c1-2-20-4-3-19(1)13-25-15-21-5-7-23(8-6-21)17-27-18-24-11-9-22(10-12-24)16-26-14-20/h1-12H,13-18H2. The zero-order chi connectivity index (χ0) is 18.3. The fourth-order valence-electron chi connectivity index (χ4n) is 3.06. The molecule has 0 spiro atoms. The van der Waals surface area contributed by atoms with Crippen molar-refractivity contribution in [2.75, 3.05) is 0 Å². The van der Waals surface area contributed by atoms with E-state index >= 15 is 0 Å². The average molecular weight is 409 g/mol. The molecule has 138 valence electrons. The van der Waals surface area contributed by atoms with Crippen molar-refractivity contribution in [3.05, 3.63) is 106 Å². The summed E-state index contributed by atoms with van der Waals surface area (Å²) in [6, 6.07) is 27.5. The second-order valence-electron chi connectivity index (χ2n) is 6.93. The van der Waals surface area contributed by atoms with Gasteiger partial charge in [-0.25, -0.2) is 0 Å². The molecule has 6 heterocycles. The molecular formula is C24H24S3. The van der Waals surface area contributed by atoms with Crippen molar-refractivity contribution in [2.24, 2.45) is 0 Å². The maximum Gasteiger partial charge on any atom is 0.0187 e. The van der Waals surface area contributed by atoms with Crippen molar-refractivity contribution in [2.45, 2.75) is 34.5 Å². The Morgan fingerprint density at radius 3 is 0.593 bits per heavy atom. The Morgan fingerprint density at radius 2 is 0.444 bits per heavy atom. The van der Waals surface area contributed by atoms with Gasteiger partial charge >= 0.3 is 0 Å². The third kappa shape index (κ3) is 5.84. The Morgan fingerprint density at radius 1 is 0.296 bits per heavy atom. The van der Waals surface area contributed by atoms with E-state index in [9.17, 15) is 0 Å². The van der Waals surface area contributed by atoms with Crippen LogP contribution >= 0.6 is 35.3 Å². The van der Waals surface area contributed by atoms with Crippen LogP contribution in [0.2, 0.25) is 0 Å². The number of benzene rings is 3. The highest BCUT2D eigenvalue weighted by Crippen LogP contribution is 2.24. The maximum absolute atomic E-state index is 2.29. The van der Waals surface area contributed by atoms with E-state index in [2.05, 4.69) is 72.8 Å². The van der Waals surface area contributed by atoms with Gasteiger partial charge in [0.1, 0.15) is 0 Å². The fraction of sp³-hybridized carbons (Fsp3) is 0.250. The minimum absolute atomic E-state index is 1.08. The lowest BCUT2D eigenvalue weighted by molar-refractivity contribution is 1.31. The van der Waals surface area contributed by atoms with E-state index in [1.54, 1.807) is 0 Å². The minimum Gasteiger partial charge on any atom is -0.152 e. The summed E-state index contributed by atoms with van der Waals surface area (Å²) in [6.45, 7) is 0. The lowest BCUT2D eigenvalue weighted by Crippen LogP contribution is -1.87. The predicted octanol–water partition coefficient (Wildman–Crippen LogP) is 7.30. The molecule has 6 aliphatic rings. The van der Waals surface area contributed by atoms with Crippen LogP contribution < -0.4 is 0 Å². The van der Waals surface area contributed by atoms with Crippen LogP contribution in [0.4, 0.5) is 0 Å². The van der Waals surface area contributed by atoms with Gasteiger partial charge in [-0.05, 0) is 33.4 Å². The Balaban J connectivity index is 1.48. The van der Waals surface area contributed by atoms with Gasteiger partial charge in [-0.15, -0.1) is 0 Å². The molecule has 0 nitrogen and oxygen atoms in total. The van der Waals surface area contributed by atoms with Crippen LogP contribution in [0.5, 0.6) is 0 Å². The number of thioether (sulfide) groups is 3. The minimum atomic E-state index is 1.08. The summed E-state index contributed by atoms with van der Waals surface area (Å²) >= 11 is 5.99. The summed E-state index contributed by atoms with van der Waals surface area (Å²) in [5.41, 5.74) is 8.52. The van der Waals surface area contributed by atoms with Crippen LogP contribution in [0.3, 0.4) is 0 Å². The molecule has 0 radical (unpaired) electrons. The Bertz CT molecular complexity index is 650. The first kappa shape index (κ1) is 19.0. The highest BCUT2D eigenvalue weighted by molar-refractivity contribution is 7.98. The normalized spacial score (nSPS) is 15.6. The highest BCUT2D eigenvalue weighted by Gasteiger charge is 2.02. The van der Waals surface area contributed by atoms with Crippen LogP contribution in [0.25, 0.3) is 0 Å². The Hall–Kier alpha value is -1.29. The van der Waals surface area contributed by atoms with Crippen molar-refractivity contribution in [1.82, 2.24) is 0 Å². The van der Waals surface area contributed by atoms with Crippen molar-refractivity contribution in [3.63, 3.8) is 0 Å². The van der Waals surface area contributed by atoms with Crippen LogP contribution in [0.15, 0.2) is 72.8 Å². The van der Waals surface area contributed by atoms with Gasteiger partial charge in [-0.2, -0.15) is 35.3 Å². The van der Waals surface area contributed by atoms with Gasteiger partial charge in [0.25, 0.3) is 0 Å². The first-order valence-corrected chi connectivity index (χ1v) is 12.8. The molecule has 0 saturated carbocycles. The van der Waals surface area contributed by atoms with Crippen LogP contribution in [-0.2, 0) is 34.5 Å². The summed E-state index contributed by atoms with van der Waals surface area (Å²) in [6.07, 6.45) is 0. The number of hydrogen-bond acceptors (Lipinski definition) is 3. The van der Waals surface area contributed by atoms with E-state index in [0.29, 0.717) is 0 Å². The Labute approximate surface area is 175 Å². The predicted molar refractivity (Wildman–Crippen MR) is 124 cm³/mol. The zero-order valence-corrected chi connectivity index (χ0v) is 17.8. The van der Waals surface area contributed by atoms with Gasteiger partial charge in [0.05, 0.1) is 0 Å². The van der Waals surface area contributed by atoms with Gasteiger partial charge < -0.3 is 0 Å². The van der Waals surface area contributed by atoms with Crippen molar-refractivity contribution in [3.8, 4) is 0 Å². The lowest BCUT2D eigenvalue weighted by atomic mass is 10.2. The SMILES string of the molecule is c1cc2ccc1CSCc1ccc(cc1)CSCc1ccc(cc1)CSC2. The molecular weight excluding hydrogens is 384 g/mol. The first-order chi connectivity index (χ1) is 13.3. The average Bonchev–Trinajstić information content (AvgIpc) is 2.71. The maximum atomic E-state index is 2.29. The smallest absolute Gasteiger partial charge is 0.0187 e. The first-order valence-electron chi connectivity index (χ1n) is 9.32. The number of hydrogen-bond donors (Lipinski definition) is 0. The molecule has 0 atom stereocenters. The topological polar surface area (TPSA) is 0 Å².